The molecule has 1 heterocycles. The maximum absolute atomic E-state index is 6.03. The zero-order chi connectivity index (χ0) is 20.5. The third kappa shape index (κ3) is 7.52. The van der Waals surface area contributed by atoms with Gasteiger partial charge in [-0.3, -0.25) is 9.89 Å². The van der Waals surface area contributed by atoms with Gasteiger partial charge in [-0.25, -0.2) is 0 Å². The fraction of sp³-hybridized carbons (Fsp3) is 0.458. The lowest BCUT2D eigenvalue weighted by molar-refractivity contribution is 0.126. The van der Waals surface area contributed by atoms with Crippen molar-refractivity contribution in [1.29, 1.82) is 0 Å². The molecule has 5 nitrogen and oxygen atoms in total. The summed E-state index contributed by atoms with van der Waals surface area (Å²) in [5.41, 5.74) is 10.9. The monoisotopic (exact) mass is 393 g/mol. The van der Waals surface area contributed by atoms with Crippen LogP contribution in [0.3, 0.4) is 0 Å². The summed E-state index contributed by atoms with van der Waals surface area (Å²) in [5.74, 6) is 0.504. The molecule has 0 aromatic heterocycles. The molecule has 0 atom stereocenters. The van der Waals surface area contributed by atoms with Crippen LogP contribution in [0.4, 0.5) is 5.69 Å². The molecule has 1 aliphatic rings. The molecule has 1 fully saturated rings. The van der Waals surface area contributed by atoms with Gasteiger partial charge in [0.05, 0.1) is 0 Å². The first-order valence-corrected chi connectivity index (χ1v) is 10.7. The molecule has 0 amide bonds. The number of rotatable bonds is 8. The van der Waals surface area contributed by atoms with E-state index in [0.29, 0.717) is 5.96 Å². The highest BCUT2D eigenvalue weighted by molar-refractivity contribution is 5.92. The normalized spacial score (nSPS) is 16.1. The zero-order valence-electron chi connectivity index (χ0n) is 17.9. The minimum absolute atomic E-state index is 0.504. The Morgan fingerprint density at radius 2 is 1.59 bits per heavy atom. The van der Waals surface area contributed by atoms with E-state index in [0.717, 1.165) is 57.9 Å². The number of hydrogen-bond acceptors (Lipinski definition) is 3. The summed E-state index contributed by atoms with van der Waals surface area (Å²) in [7, 11) is 0. The quantitative estimate of drug-likeness (QED) is 0.408. The topological polar surface area (TPSA) is 56.9 Å². The van der Waals surface area contributed by atoms with Crippen molar-refractivity contribution < 1.29 is 0 Å². The molecular formula is C24H35N5. The molecule has 0 unspecified atom stereocenters. The van der Waals surface area contributed by atoms with Gasteiger partial charge >= 0.3 is 0 Å². The fourth-order valence-electron chi connectivity index (χ4n) is 3.89. The van der Waals surface area contributed by atoms with Gasteiger partial charge in [-0.2, -0.15) is 0 Å². The summed E-state index contributed by atoms with van der Waals surface area (Å²) in [5, 5.41) is 3.20. The smallest absolute Gasteiger partial charge is 0.193 e. The van der Waals surface area contributed by atoms with E-state index >= 15 is 0 Å². The Morgan fingerprint density at radius 1 is 0.931 bits per heavy atom. The van der Waals surface area contributed by atoms with Gasteiger partial charge in [0.2, 0.25) is 0 Å². The predicted molar refractivity (Wildman–Crippen MR) is 123 cm³/mol. The minimum Gasteiger partial charge on any atom is -0.370 e. The van der Waals surface area contributed by atoms with Gasteiger partial charge in [-0.1, -0.05) is 36.4 Å². The number of guanidine groups is 1. The summed E-state index contributed by atoms with van der Waals surface area (Å²) in [6.07, 6.45) is 2.23. The molecule has 5 heteroatoms. The van der Waals surface area contributed by atoms with Gasteiger partial charge in [0.25, 0.3) is 0 Å². The van der Waals surface area contributed by atoms with Crippen molar-refractivity contribution in [2.45, 2.75) is 33.2 Å². The van der Waals surface area contributed by atoms with Crippen molar-refractivity contribution in [3.63, 3.8) is 0 Å². The highest BCUT2D eigenvalue weighted by atomic mass is 15.3. The van der Waals surface area contributed by atoms with Crippen molar-refractivity contribution in [3.05, 3.63) is 65.2 Å². The average molecular weight is 394 g/mol. The number of nitrogens with one attached hydrogen (secondary N) is 1. The second-order valence-electron chi connectivity index (χ2n) is 8.08. The highest BCUT2D eigenvalue weighted by Gasteiger charge is 2.16. The maximum atomic E-state index is 6.03. The number of anilines is 1. The van der Waals surface area contributed by atoms with Gasteiger partial charge < -0.3 is 16.0 Å². The number of hydrogen-bond donors (Lipinski definition) is 2. The van der Waals surface area contributed by atoms with E-state index < -0.39 is 0 Å². The molecule has 2 aromatic rings. The van der Waals surface area contributed by atoms with Crippen LogP contribution in [0, 0.1) is 13.8 Å². The Hall–Kier alpha value is -2.37. The number of unbranched alkanes of at least 4 members (excludes halogenated alkanes) is 1. The van der Waals surface area contributed by atoms with Gasteiger partial charge in [0, 0.05) is 45.0 Å². The third-order valence-electron chi connectivity index (χ3n) is 5.37. The zero-order valence-corrected chi connectivity index (χ0v) is 17.9. The number of aliphatic imine (C=N–C) groups is 1. The number of aryl methyl sites for hydroxylation is 2. The van der Waals surface area contributed by atoms with Gasteiger partial charge in [0.1, 0.15) is 0 Å². The van der Waals surface area contributed by atoms with E-state index in [2.05, 4.69) is 82.5 Å². The van der Waals surface area contributed by atoms with E-state index in [1.54, 1.807) is 0 Å². The summed E-state index contributed by atoms with van der Waals surface area (Å²) >= 11 is 0. The number of benzene rings is 2. The lowest BCUT2D eigenvalue weighted by Gasteiger charge is -2.34. The highest BCUT2D eigenvalue weighted by Crippen LogP contribution is 2.13. The summed E-state index contributed by atoms with van der Waals surface area (Å²) < 4.78 is 0. The van der Waals surface area contributed by atoms with Crippen LogP contribution >= 0.6 is 0 Å². The number of nitrogens with zero attached hydrogens (tertiary/aromatic N) is 3. The summed E-state index contributed by atoms with van der Waals surface area (Å²) in [6.45, 7) is 11.8. The van der Waals surface area contributed by atoms with Crippen molar-refractivity contribution in [2.75, 3.05) is 44.6 Å². The molecular weight excluding hydrogens is 358 g/mol. The molecule has 156 valence electrons. The van der Waals surface area contributed by atoms with E-state index in [9.17, 15) is 0 Å². The second kappa shape index (κ2) is 11.0. The molecule has 0 aliphatic carbocycles. The maximum Gasteiger partial charge on any atom is 0.193 e. The van der Waals surface area contributed by atoms with E-state index in [4.69, 9.17) is 5.73 Å². The molecule has 1 saturated heterocycles. The standard InChI is InChI=1S/C24H35N5/c1-20-16-21(2)18-23(17-20)27-24(25)26-10-6-7-11-28-12-14-29(15-13-28)19-22-8-4-3-5-9-22/h3-5,8-9,16-18H,6-7,10-15,19H2,1-2H3,(H3,25,26,27). The average Bonchev–Trinajstić information content (AvgIpc) is 2.69. The van der Waals surface area contributed by atoms with Crippen molar-refractivity contribution in [3.8, 4) is 0 Å². The summed E-state index contributed by atoms with van der Waals surface area (Å²) in [6, 6.07) is 17.1. The second-order valence-corrected chi connectivity index (χ2v) is 8.08. The first-order valence-electron chi connectivity index (χ1n) is 10.7. The van der Waals surface area contributed by atoms with Gasteiger partial charge in [-0.15, -0.1) is 0 Å². The molecule has 1 aliphatic heterocycles. The Labute approximate surface area is 175 Å². The van der Waals surface area contributed by atoms with Crippen molar-refractivity contribution >= 4 is 11.6 Å². The van der Waals surface area contributed by atoms with E-state index in [1.807, 2.05) is 0 Å². The molecule has 29 heavy (non-hydrogen) atoms. The molecule has 0 spiro atoms. The van der Waals surface area contributed by atoms with Crippen LogP contribution in [0.2, 0.25) is 0 Å². The molecule has 2 aromatic carbocycles. The van der Waals surface area contributed by atoms with Crippen LogP contribution in [-0.4, -0.2) is 55.0 Å². The molecule has 0 radical (unpaired) electrons. The van der Waals surface area contributed by atoms with Crippen LogP contribution in [-0.2, 0) is 6.54 Å². The third-order valence-corrected chi connectivity index (χ3v) is 5.37. The Balaban J connectivity index is 1.29. The van der Waals surface area contributed by atoms with Gasteiger partial charge in [-0.05, 0) is 62.1 Å². The lowest BCUT2D eigenvalue weighted by Crippen LogP contribution is -2.46. The van der Waals surface area contributed by atoms with Crippen molar-refractivity contribution in [1.82, 2.24) is 9.80 Å². The Bertz CT molecular complexity index is 759. The summed E-state index contributed by atoms with van der Waals surface area (Å²) in [4.78, 5) is 9.60. The van der Waals surface area contributed by atoms with Gasteiger partial charge in [0.15, 0.2) is 5.96 Å². The Kier molecular flexibility index (Phi) is 8.08. The van der Waals surface area contributed by atoms with E-state index in [-0.39, 0.29) is 0 Å². The molecule has 3 N–H and O–H groups in total. The molecule has 3 rings (SSSR count). The van der Waals surface area contributed by atoms with Crippen molar-refractivity contribution in [2.24, 2.45) is 10.7 Å². The number of nitrogens with two attached hydrogens (primary N) is 1. The first-order chi connectivity index (χ1) is 14.1. The first kappa shape index (κ1) is 21.3. The number of piperazine rings is 1. The van der Waals surface area contributed by atoms with Crippen LogP contribution in [0.5, 0.6) is 0 Å². The van der Waals surface area contributed by atoms with Crippen LogP contribution in [0.1, 0.15) is 29.5 Å². The van der Waals surface area contributed by atoms with Crippen LogP contribution in [0.25, 0.3) is 0 Å². The lowest BCUT2D eigenvalue weighted by atomic mass is 10.1. The van der Waals surface area contributed by atoms with Crippen LogP contribution in [0.15, 0.2) is 53.5 Å². The SMILES string of the molecule is Cc1cc(C)cc(NC(N)=NCCCCN2CCN(Cc3ccccc3)CC2)c1. The van der Waals surface area contributed by atoms with E-state index in [1.165, 1.54) is 23.1 Å². The molecule has 0 bridgehead atoms. The Morgan fingerprint density at radius 3 is 2.28 bits per heavy atom. The minimum atomic E-state index is 0.504. The van der Waals surface area contributed by atoms with Crippen LogP contribution < -0.4 is 11.1 Å². The fourth-order valence-corrected chi connectivity index (χ4v) is 3.89. The largest absolute Gasteiger partial charge is 0.370 e. The predicted octanol–water partition coefficient (Wildman–Crippen LogP) is 3.63. The molecule has 0 saturated carbocycles.